The van der Waals surface area contributed by atoms with Crippen molar-refractivity contribution >= 4 is 35.4 Å². The van der Waals surface area contributed by atoms with E-state index in [1.54, 1.807) is 6.07 Å². The highest BCUT2D eigenvalue weighted by atomic mass is 35.5. The van der Waals surface area contributed by atoms with Gasteiger partial charge in [-0.3, -0.25) is 4.79 Å². The van der Waals surface area contributed by atoms with Gasteiger partial charge in [0.25, 0.3) is 6.47 Å². The third-order valence-electron chi connectivity index (χ3n) is 3.82. The molecule has 0 amide bonds. The van der Waals surface area contributed by atoms with Crippen LogP contribution in [0.3, 0.4) is 0 Å². The third-order valence-corrected chi connectivity index (χ3v) is 4.11. The lowest BCUT2D eigenvalue weighted by Gasteiger charge is -2.27. The summed E-state index contributed by atoms with van der Waals surface area (Å²) in [5, 5.41) is 0.516. The smallest absolute Gasteiger partial charge is 0.294 e. The summed E-state index contributed by atoms with van der Waals surface area (Å²) in [7, 11) is 0. The number of carbonyl (C=O) groups excluding carboxylic acids is 1. The van der Waals surface area contributed by atoms with E-state index in [9.17, 15) is 4.79 Å². The molecule has 23 heavy (non-hydrogen) atoms. The molecule has 1 atom stereocenters. The zero-order chi connectivity index (χ0) is 17.0. The molecule has 1 saturated heterocycles. The molecule has 0 spiro atoms. The SMILES string of the molecule is CCCN1CCN(C(C)OC=O)C1=Nc1c(C)cc(N)cc1Cl. The van der Waals surface area contributed by atoms with Gasteiger partial charge >= 0.3 is 0 Å². The summed E-state index contributed by atoms with van der Waals surface area (Å²) in [5.41, 5.74) is 8.04. The molecular weight excluding hydrogens is 316 g/mol. The molecule has 126 valence electrons. The van der Waals surface area contributed by atoms with Crippen LogP contribution in [0.1, 0.15) is 25.8 Å². The lowest BCUT2D eigenvalue weighted by atomic mass is 10.2. The molecule has 0 aromatic heterocycles. The molecule has 7 heteroatoms. The maximum absolute atomic E-state index is 10.7. The molecule has 0 bridgehead atoms. The van der Waals surface area contributed by atoms with Gasteiger partial charge in [0, 0.05) is 25.3 Å². The van der Waals surface area contributed by atoms with Crippen molar-refractivity contribution in [3.05, 3.63) is 22.7 Å². The minimum atomic E-state index is -0.374. The molecule has 0 aliphatic carbocycles. The van der Waals surface area contributed by atoms with Crippen molar-refractivity contribution in [2.24, 2.45) is 4.99 Å². The maximum Gasteiger partial charge on any atom is 0.294 e. The van der Waals surface area contributed by atoms with E-state index < -0.39 is 0 Å². The van der Waals surface area contributed by atoms with E-state index in [0.717, 1.165) is 37.6 Å². The molecule has 0 radical (unpaired) electrons. The third kappa shape index (κ3) is 3.88. The van der Waals surface area contributed by atoms with Crippen LogP contribution in [-0.4, -0.2) is 48.1 Å². The van der Waals surface area contributed by atoms with Crippen LogP contribution in [0.5, 0.6) is 0 Å². The Labute approximate surface area is 141 Å². The van der Waals surface area contributed by atoms with Crippen LogP contribution < -0.4 is 5.73 Å². The van der Waals surface area contributed by atoms with Crippen molar-refractivity contribution < 1.29 is 9.53 Å². The van der Waals surface area contributed by atoms with Crippen LogP contribution in [0.15, 0.2) is 17.1 Å². The second-order valence-corrected chi connectivity index (χ2v) is 6.00. The summed E-state index contributed by atoms with van der Waals surface area (Å²) < 4.78 is 5.08. The number of aryl methyl sites for hydroxylation is 1. The van der Waals surface area contributed by atoms with Gasteiger partial charge in [-0.05, 0) is 38.0 Å². The molecule has 0 saturated carbocycles. The number of nitrogens with zero attached hydrogens (tertiary/aromatic N) is 3. The highest BCUT2D eigenvalue weighted by Gasteiger charge is 2.30. The predicted molar refractivity (Wildman–Crippen MR) is 92.9 cm³/mol. The summed E-state index contributed by atoms with van der Waals surface area (Å²) >= 11 is 6.31. The molecule has 1 aromatic carbocycles. The first-order valence-corrected chi connectivity index (χ1v) is 8.10. The predicted octanol–water partition coefficient (Wildman–Crippen LogP) is 2.76. The maximum atomic E-state index is 10.7. The molecule has 1 unspecified atom stereocenters. The Morgan fingerprint density at radius 2 is 2.22 bits per heavy atom. The van der Waals surface area contributed by atoms with Crippen molar-refractivity contribution in [1.82, 2.24) is 9.80 Å². The topological polar surface area (TPSA) is 71.2 Å². The zero-order valence-electron chi connectivity index (χ0n) is 13.8. The molecule has 1 fully saturated rings. The fourth-order valence-electron chi connectivity index (χ4n) is 2.73. The van der Waals surface area contributed by atoms with E-state index in [2.05, 4.69) is 11.8 Å². The number of anilines is 1. The Hall–Kier alpha value is -1.95. The van der Waals surface area contributed by atoms with Crippen molar-refractivity contribution in [3.8, 4) is 0 Å². The Bertz CT molecular complexity index is 583. The lowest BCUT2D eigenvalue weighted by molar-refractivity contribution is -0.138. The fourth-order valence-corrected chi connectivity index (χ4v) is 3.05. The largest absolute Gasteiger partial charge is 0.444 e. The number of aliphatic imine (C=N–C) groups is 1. The van der Waals surface area contributed by atoms with Crippen molar-refractivity contribution in [1.29, 1.82) is 0 Å². The van der Waals surface area contributed by atoms with Gasteiger partial charge in [0.1, 0.15) is 0 Å². The van der Waals surface area contributed by atoms with E-state index in [1.165, 1.54) is 0 Å². The average Bonchev–Trinajstić information content (AvgIpc) is 2.86. The number of benzene rings is 1. The van der Waals surface area contributed by atoms with E-state index in [0.29, 0.717) is 22.9 Å². The second-order valence-electron chi connectivity index (χ2n) is 5.59. The van der Waals surface area contributed by atoms with E-state index in [4.69, 9.17) is 27.1 Å². The van der Waals surface area contributed by atoms with Crippen molar-refractivity contribution in [2.75, 3.05) is 25.4 Å². The molecule has 6 nitrogen and oxygen atoms in total. The van der Waals surface area contributed by atoms with Gasteiger partial charge in [0.15, 0.2) is 6.23 Å². The minimum Gasteiger partial charge on any atom is -0.444 e. The Kier molecular flexibility index (Phi) is 5.71. The van der Waals surface area contributed by atoms with Crippen LogP contribution in [0.4, 0.5) is 11.4 Å². The number of halogens is 1. The summed E-state index contributed by atoms with van der Waals surface area (Å²) in [6.07, 6.45) is 0.630. The first kappa shape index (κ1) is 17.4. The Balaban J connectivity index is 2.42. The number of nitrogens with two attached hydrogens (primary N) is 1. The Morgan fingerprint density at radius 1 is 1.48 bits per heavy atom. The molecule has 1 aliphatic rings. The molecule has 2 rings (SSSR count). The minimum absolute atomic E-state index is 0.374. The van der Waals surface area contributed by atoms with Crippen LogP contribution in [0.2, 0.25) is 5.02 Å². The van der Waals surface area contributed by atoms with Gasteiger partial charge in [-0.2, -0.15) is 0 Å². The average molecular weight is 339 g/mol. The molecular formula is C16H23ClN4O2. The monoisotopic (exact) mass is 338 g/mol. The van der Waals surface area contributed by atoms with Crippen molar-refractivity contribution in [2.45, 2.75) is 33.4 Å². The molecule has 1 heterocycles. The van der Waals surface area contributed by atoms with E-state index in [1.807, 2.05) is 24.8 Å². The normalized spacial score (nSPS) is 17.7. The Morgan fingerprint density at radius 3 is 2.83 bits per heavy atom. The van der Waals surface area contributed by atoms with E-state index >= 15 is 0 Å². The van der Waals surface area contributed by atoms with Gasteiger partial charge in [0.2, 0.25) is 5.96 Å². The lowest BCUT2D eigenvalue weighted by Crippen LogP contribution is -2.40. The van der Waals surface area contributed by atoms with Crippen LogP contribution in [-0.2, 0) is 9.53 Å². The quantitative estimate of drug-likeness (QED) is 0.638. The van der Waals surface area contributed by atoms with Gasteiger partial charge in [-0.1, -0.05) is 18.5 Å². The number of hydrogen-bond donors (Lipinski definition) is 1. The molecule has 1 aromatic rings. The summed E-state index contributed by atoms with van der Waals surface area (Å²) in [4.78, 5) is 19.6. The fraction of sp³-hybridized carbons (Fsp3) is 0.500. The van der Waals surface area contributed by atoms with Gasteiger partial charge in [0.05, 0.1) is 10.7 Å². The summed E-state index contributed by atoms with van der Waals surface area (Å²) in [6, 6.07) is 3.54. The highest BCUT2D eigenvalue weighted by molar-refractivity contribution is 6.33. The van der Waals surface area contributed by atoms with Crippen LogP contribution >= 0.6 is 11.6 Å². The number of rotatable bonds is 6. The number of nitrogen functional groups attached to an aromatic ring is 1. The number of ether oxygens (including phenoxy) is 1. The van der Waals surface area contributed by atoms with Crippen LogP contribution in [0, 0.1) is 6.92 Å². The molecule has 2 N–H and O–H groups in total. The van der Waals surface area contributed by atoms with E-state index in [-0.39, 0.29) is 6.23 Å². The van der Waals surface area contributed by atoms with Gasteiger partial charge in [-0.25, -0.2) is 4.99 Å². The number of hydrogen-bond acceptors (Lipinski definition) is 4. The zero-order valence-corrected chi connectivity index (χ0v) is 14.5. The standard InChI is InChI=1S/C16H23ClN4O2/c1-4-5-20-6-7-21(12(3)23-10-22)16(20)19-15-11(2)8-13(18)9-14(15)17/h8-10,12H,4-7,18H2,1-3H3. The summed E-state index contributed by atoms with van der Waals surface area (Å²) in [6.45, 7) is 8.81. The van der Waals surface area contributed by atoms with Crippen LogP contribution in [0.25, 0.3) is 0 Å². The first-order valence-electron chi connectivity index (χ1n) is 7.73. The first-order chi connectivity index (χ1) is 11.0. The summed E-state index contributed by atoms with van der Waals surface area (Å²) in [5.74, 6) is 0.774. The van der Waals surface area contributed by atoms with Gasteiger partial charge < -0.3 is 20.3 Å². The van der Waals surface area contributed by atoms with Gasteiger partial charge in [-0.15, -0.1) is 0 Å². The number of carbonyl (C=O) groups is 1. The second kappa shape index (κ2) is 7.55. The number of guanidine groups is 1. The van der Waals surface area contributed by atoms with Crippen molar-refractivity contribution in [3.63, 3.8) is 0 Å². The molecule has 1 aliphatic heterocycles. The highest BCUT2D eigenvalue weighted by Crippen LogP contribution is 2.32.